The number of allylic oxidation sites excluding steroid dienone is 1. The van der Waals surface area contributed by atoms with Gasteiger partial charge in [-0.2, -0.15) is 0 Å². The van der Waals surface area contributed by atoms with Gasteiger partial charge < -0.3 is 5.11 Å². The molecule has 0 aliphatic heterocycles. The van der Waals surface area contributed by atoms with Gasteiger partial charge in [0.25, 0.3) is 0 Å². The first kappa shape index (κ1) is 17.4. The van der Waals surface area contributed by atoms with Crippen LogP contribution in [0.5, 0.6) is 0 Å². The zero-order valence-corrected chi connectivity index (χ0v) is 14.3. The van der Waals surface area contributed by atoms with Crippen molar-refractivity contribution in [3.8, 4) is 0 Å². The monoisotopic (exact) mass is 342 g/mol. The Morgan fingerprint density at radius 3 is 1.54 bits per heavy atom. The van der Waals surface area contributed by atoms with E-state index >= 15 is 0 Å². The third-order valence-electron chi connectivity index (χ3n) is 4.13. The van der Waals surface area contributed by atoms with Gasteiger partial charge in [0.2, 0.25) is 0 Å². The number of carboxylic acids is 1. The molecule has 0 aromatic heterocycles. The van der Waals surface area contributed by atoms with Gasteiger partial charge in [-0.15, -0.1) is 0 Å². The molecular formula is C23H18O3. The van der Waals surface area contributed by atoms with Crippen molar-refractivity contribution < 1.29 is 14.7 Å². The van der Waals surface area contributed by atoms with Crippen molar-refractivity contribution in [3.63, 3.8) is 0 Å². The molecule has 0 heterocycles. The molecule has 128 valence electrons. The number of benzene rings is 3. The topological polar surface area (TPSA) is 54.4 Å². The van der Waals surface area contributed by atoms with Gasteiger partial charge in [0.05, 0.1) is 5.57 Å². The van der Waals surface area contributed by atoms with E-state index in [0.717, 1.165) is 5.56 Å². The van der Waals surface area contributed by atoms with E-state index in [1.54, 1.807) is 60.7 Å². The van der Waals surface area contributed by atoms with Gasteiger partial charge in [-0.3, -0.25) is 4.79 Å². The van der Waals surface area contributed by atoms with Crippen LogP contribution in [-0.4, -0.2) is 16.9 Å². The molecule has 0 fully saturated rings. The molecule has 0 aliphatic carbocycles. The maximum Gasteiger partial charge on any atom is 0.337 e. The fraction of sp³-hybridized carbons (Fsp3) is 0.0435. The number of Topliss-reactive ketones (excluding diaryl/α,β-unsaturated/α-hetero) is 1. The summed E-state index contributed by atoms with van der Waals surface area (Å²) in [6.45, 7) is 1.94. The van der Waals surface area contributed by atoms with E-state index in [-0.39, 0.29) is 16.9 Å². The van der Waals surface area contributed by atoms with Crippen molar-refractivity contribution in [2.75, 3.05) is 0 Å². The lowest BCUT2D eigenvalue weighted by molar-refractivity contribution is -0.130. The van der Waals surface area contributed by atoms with Crippen molar-refractivity contribution in [1.82, 2.24) is 0 Å². The molecule has 3 nitrogen and oxygen atoms in total. The van der Waals surface area contributed by atoms with E-state index in [9.17, 15) is 14.7 Å². The maximum absolute atomic E-state index is 13.3. The first-order valence-electron chi connectivity index (χ1n) is 8.27. The average molecular weight is 342 g/mol. The lowest BCUT2D eigenvalue weighted by Gasteiger charge is -2.13. The molecule has 3 aromatic rings. The lowest BCUT2D eigenvalue weighted by atomic mass is 9.89. The summed E-state index contributed by atoms with van der Waals surface area (Å²) in [5.41, 5.74) is 2.77. The van der Waals surface area contributed by atoms with Crippen LogP contribution in [0.15, 0.2) is 84.9 Å². The molecule has 26 heavy (non-hydrogen) atoms. The summed E-state index contributed by atoms with van der Waals surface area (Å²) < 4.78 is 0. The largest absolute Gasteiger partial charge is 0.478 e. The van der Waals surface area contributed by atoms with Crippen LogP contribution in [0.4, 0.5) is 0 Å². The molecule has 0 saturated heterocycles. The maximum atomic E-state index is 13.3. The highest BCUT2D eigenvalue weighted by molar-refractivity contribution is 6.42. The third-order valence-corrected chi connectivity index (χ3v) is 4.13. The number of carbonyl (C=O) groups excluding carboxylic acids is 1. The molecule has 3 aromatic carbocycles. The molecule has 0 bridgehead atoms. The second-order valence-corrected chi connectivity index (χ2v) is 5.98. The molecule has 0 radical (unpaired) electrons. The van der Waals surface area contributed by atoms with Crippen molar-refractivity contribution >= 4 is 22.9 Å². The smallest absolute Gasteiger partial charge is 0.337 e. The molecule has 0 amide bonds. The van der Waals surface area contributed by atoms with Gasteiger partial charge in [-0.05, 0) is 18.1 Å². The third kappa shape index (κ3) is 3.62. The Labute approximate surface area is 152 Å². The van der Waals surface area contributed by atoms with E-state index in [1.807, 2.05) is 31.2 Å². The van der Waals surface area contributed by atoms with Crippen LogP contribution in [0.2, 0.25) is 0 Å². The molecule has 0 spiro atoms. The van der Waals surface area contributed by atoms with E-state index in [4.69, 9.17) is 0 Å². The zero-order chi connectivity index (χ0) is 18.5. The lowest BCUT2D eigenvalue weighted by Crippen LogP contribution is -2.11. The Balaban J connectivity index is 2.28. The minimum atomic E-state index is -1.13. The summed E-state index contributed by atoms with van der Waals surface area (Å²) in [5, 5.41) is 9.89. The van der Waals surface area contributed by atoms with Crippen LogP contribution in [-0.2, 0) is 4.79 Å². The van der Waals surface area contributed by atoms with Crippen LogP contribution < -0.4 is 0 Å². The van der Waals surface area contributed by atoms with E-state index in [0.29, 0.717) is 16.7 Å². The Kier molecular flexibility index (Phi) is 5.09. The van der Waals surface area contributed by atoms with Gasteiger partial charge in [-0.25, -0.2) is 4.79 Å². The van der Waals surface area contributed by atoms with Gasteiger partial charge in [0.15, 0.2) is 5.78 Å². The Morgan fingerprint density at radius 1 is 0.615 bits per heavy atom. The molecule has 0 atom stereocenters. The SMILES string of the molecule is Cc1ccc(C(=O)/C(=C(\C(=O)O)c2ccccc2)c2ccccc2)cc1. The van der Waals surface area contributed by atoms with Crippen molar-refractivity contribution in [3.05, 3.63) is 107 Å². The van der Waals surface area contributed by atoms with Crippen LogP contribution in [0.3, 0.4) is 0 Å². The molecule has 0 saturated carbocycles. The minimum Gasteiger partial charge on any atom is -0.478 e. The number of rotatable bonds is 5. The highest BCUT2D eigenvalue weighted by Crippen LogP contribution is 2.30. The fourth-order valence-corrected chi connectivity index (χ4v) is 2.82. The van der Waals surface area contributed by atoms with E-state index in [1.165, 1.54) is 0 Å². The van der Waals surface area contributed by atoms with Crippen LogP contribution in [0.25, 0.3) is 11.1 Å². The van der Waals surface area contributed by atoms with Crippen molar-refractivity contribution in [2.24, 2.45) is 0 Å². The number of aryl methyl sites for hydroxylation is 1. The quantitative estimate of drug-likeness (QED) is 0.409. The van der Waals surface area contributed by atoms with Gasteiger partial charge in [0.1, 0.15) is 0 Å². The number of hydrogen-bond donors (Lipinski definition) is 1. The first-order chi connectivity index (χ1) is 12.6. The van der Waals surface area contributed by atoms with Crippen molar-refractivity contribution in [2.45, 2.75) is 6.92 Å². The predicted molar refractivity (Wildman–Crippen MR) is 103 cm³/mol. The number of carbonyl (C=O) groups is 2. The number of hydrogen-bond acceptors (Lipinski definition) is 2. The summed E-state index contributed by atoms with van der Waals surface area (Å²) in [6, 6.07) is 24.8. The molecule has 3 rings (SSSR count). The minimum absolute atomic E-state index is 0.00220. The van der Waals surface area contributed by atoms with Gasteiger partial charge in [-0.1, -0.05) is 90.5 Å². The Hall–Kier alpha value is -3.46. The highest BCUT2D eigenvalue weighted by atomic mass is 16.4. The fourth-order valence-electron chi connectivity index (χ4n) is 2.82. The Bertz CT molecular complexity index is 953. The van der Waals surface area contributed by atoms with E-state index in [2.05, 4.69) is 0 Å². The van der Waals surface area contributed by atoms with Crippen molar-refractivity contribution in [1.29, 1.82) is 0 Å². The van der Waals surface area contributed by atoms with Crippen LogP contribution in [0.1, 0.15) is 27.0 Å². The van der Waals surface area contributed by atoms with Crippen LogP contribution in [0, 0.1) is 6.92 Å². The standard InChI is InChI=1S/C23H18O3/c1-16-12-14-19(15-13-16)22(24)20(17-8-4-2-5-9-17)21(23(25)26)18-10-6-3-7-11-18/h2-15H,1H3,(H,25,26)/b21-20-. The summed E-state index contributed by atoms with van der Waals surface area (Å²) >= 11 is 0. The normalized spacial score (nSPS) is 11.6. The van der Waals surface area contributed by atoms with E-state index < -0.39 is 5.97 Å². The molecular weight excluding hydrogens is 324 g/mol. The second kappa shape index (κ2) is 7.62. The summed E-state index contributed by atoms with van der Waals surface area (Å²) in [7, 11) is 0. The van der Waals surface area contributed by atoms with Gasteiger partial charge in [0, 0.05) is 11.1 Å². The second-order valence-electron chi connectivity index (χ2n) is 5.98. The van der Waals surface area contributed by atoms with Crippen LogP contribution >= 0.6 is 0 Å². The average Bonchev–Trinajstić information content (AvgIpc) is 2.67. The number of carboxylic acid groups (broad SMARTS) is 1. The predicted octanol–water partition coefficient (Wildman–Crippen LogP) is 4.87. The summed E-state index contributed by atoms with van der Waals surface area (Å²) in [4.78, 5) is 25.3. The highest BCUT2D eigenvalue weighted by Gasteiger charge is 2.24. The molecule has 0 aliphatic rings. The van der Waals surface area contributed by atoms with Gasteiger partial charge >= 0.3 is 5.97 Å². The number of aliphatic carboxylic acids is 1. The molecule has 0 unspecified atom stereocenters. The summed E-state index contributed by atoms with van der Waals surface area (Å²) in [5.74, 6) is -1.44. The Morgan fingerprint density at radius 2 is 1.08 bits per heavy atom. The molecule has 3 heteroatoms. The molecule has 1 N–H and O–H groups in total. The summed E-state index contributed by atoms with van der Waals surface area (Å²) in [6.07, 6.45) is 0. The first-order valence-corrected chi connectivity index (χ1v) is 8.27. The zero-order valence-electron chi connectivity index (χ0n) is 14.3. The number of ketones is 1.